The van der Waals surface area contributed by atoms with Crippen LogP contribution in [0.3, 0.4) is 0 Å². The lowest BCUT2D eigenvalue weighted by atomic mass is 10.0. The first-order chi connectivity index (χ1) is 16.5. The Hall–Kier alpha value is -1.82. The Morgan fingerprint density at radius 1 is 1.26 bits per heavy atom. The van der Waals surface area contributed by atoms with Gasteiger partial charge < -0.3 is 24.8 Å². The van der Waals surface area contributed by atoms with Crippen molar-refractivity contribution in [2.75, 3.05) is 50.5 Å². The van der Waals surface area contributed by atoms with Crippen molar-refractivity contribution in [3.63, 3.8) is 0 Å². The number of hydrogen-bond donors (Lipinski definition) is 3. The maximum atomic E-state index is 10.9. The summed E-state index contributed by atoms with van der Waals surface area (Å²) < 4.78 is 29.5. The van der Waals surface area contributed by atoms with Crippen molar-refractivity contribution in [2.24, 2.45) is 5.92 Å². The van der Waals surface area contributed by atoms with Crippen molar-refractivity contribution >= 4 is 40.3 Å². The van der Waals surface area contributed by atoms with Gasteiger partial charge in [0.15, 0.2) is 5.82 Å². The molecular weight excluding hydrogens is 476 g/mol. The molecule has 1 aromatic heterocycles. The van der Waals surface area contributed by atoms with E-state index >= 15 is 0 Å². The van der Waals surface area contributed by atoms with Crippen molar-refractivity contribution < 1.29 is 13.5 Å². The number of halogens is 1. The maximum Gasteiger partial charge on any atom is 0.229 e. The van der Waals surface area contributed by atoms with E-state index in [0.29, 0.717) is 23.3 Å². The fourth-order valence-corrected chi connectivity index (χ4v) is 5.27. The maximum absolute atomic E-state index is 10.9. The molecule has 2 aromatic rings. The Labute approximate surface area is 208 Å². The Bertz CT molecular complexity index is 997. The van der Waals surface area contributed by atoms with E-state index in [1.54, 1.807) is 13.3 Å². The molecule has 0 saturated heterocycles. The predicted octanol–water partition coefficient (Wildman–Crippen LogP) is 2.88. The molecule has 1 fully saturated rings. The second-order valence-electron chi connectivity index (χ2n) is 8.86. The van der Waals surface area contributed by atoms with Gasteiger partial charge in [0.1, 0.15) is 5.02 Å². The van der Waals surface area contributed by atoms with E-state index in [-0.39, 0.29) is 12.0 Å². The molecule has 1 aliphatic carbocycles. The fraction of sp³-hybridized carbons (Fsp3) is 0.565. The van der Waals surface area contributed by atoms with Gasteiger partial charge in [-0.3, -0.25) is 4.21 Å². The average molecular weight is 508 g/mol. The van der Waals surface area contributed by atoms with E-state index in [0.717, 1.165) is 64.0 Å². The van der Waals surface area contributed by atoms with Crippen LogP contribution in [0.15, 0.2) is 24.4 Å². The molecule has 1 aromatic carbocycles. The lowest BCUT2D eigenvalue weighted by Crippen LogP contribution is -2.33. The highest BCUT2D eigenvalue weighted by Gasteiger charge is 2.28. The zero-order valence-electron chi connectivity index (χ0n) is 19.4. The zero-order valence-corrected chi connectivity index (χ0v) is 21.0. The molecule has 0 amide bonds. The molecule has 0 bridgehead atoms. The van der Waals surface area contributed by atoms with Crippen LogP contribution in [-0.4, -0.2) is 69.6 Å². The first kappa shape index (κ1) is 25.3. The zero-order chi connectivity index (χ0) is 23.9. The summed E-state index contributed by atoms with van der Waals surface area (Å²) in [7, 11) is 1.74. The highest BCUT2D eigenvalue weighted by atomic mass is 35.5. The molecule has 1 saturated carbocycles. The molecule has 3 N–H and O–H groups in total. The molecule has 11 heteroatoms. The monoisotopic (exact) mass is 507 g/mol. The Morgan fingerprint density at radius 3 is 2.88 bits per heavy atom. The standard InChI is InChI=1S/C23H33ClN6O3S/c1-33-12-11-30-9-7-16-5-6-19(13-17(16)8-10-30)27-23-25-15-20(24)22(29-23)28-21-4-2-3-18(21)14-26-34(31)32/h5-6,13,15,18,21,26H,2-4,7-12,14H2,1H3,(H,31,32)(H2,25,27,28,29)/p-1. The number of rotatable bonds is 10. The molecule has 2 heterocycles. The van der Waals surface area contributed by atoms with Gasteiger partial charge in [0.25, 0.3) is 0 Å². The number of anilines is 3. The summed E-state index contributed by atoms with van der Waals surface area (Å²) in [5, 5.41) is 7.16. The molecule has 3 atom stereocenters. The third kappa shape index (κ3) is 6.87. The van der Waals surface area contributed by atoms with E-state index in [4.69, 9.17) is 16.3 Å². The van der Waals surface area contributed by atoms with Crippen LogP contribution < -0.4 is 15.4 Å². The summed E-state index contributed by atoms with van der Waals surface area (Å²) in [5.74, 6) is 1.21. The number of benzene rings is 1. The summed E-state index contributed by atoms with van der Waals surface area (Å²) in [6, 6.07) is 6.53. The van der Waals surface area contributed by atoms with Gasteiger partial charge in [0.05, 0.1) is 12.8 Å². The van der Waals surface area contributed by atoms with Crippen LogP contribution in [0.4, 0.5) is 17.5 Å². The third-order valence-corrected chi connectivity index (χ3v) is 7.34. The minimum Gasteiger partial charge on any atom is -0.760 e. The lowest BCUT2D eigenvalue weighted by Gasteiger charge is -2.23. The normalized spacial score (nSPS) is 21.6. The highest BCUT2D eigenvalue weighted by Crippen LogP contribution is 2.31. The number of aromatic nitrogens is 2. The topological polar surface area (TPSA) is 114 Å². The van der Waals surface area contributed by atoms with Crippen molar-refractivity contribution in [1.82, 2.24) is 19.6 Å². The quantitative estimate of drug-likeness (QED) is 0.420. The summed E-state index contributed by atoms with van der Waals surface area (Å²) in [4.78, 5) is 11.4. The molecule has 0 radical (unpaired) electrons. The number of hydrogen-bond acceptors (Lipinski definition) is 8. The number of fused-ring (bicyclic) bond motifs is 1. The van der Waals surface area contributed by atoms with E-state index in [1.165, 1.54) is 11.1 Å². The second kappa shape index (κ2) is 12.2. The number of ether oxygens (including phenoxy) is 1. The Kier molecular flexibility index (Phi) is 9.10. The molecular formula is C23H32ClN6O3S-. The average Bonchev–Trinajstić information content (AvgIpc) is 3.16. The van der Waals surface area contributed by atoms with Gasteiger partial charge in [0, 0.05) is 56.3 Å². The van der Waals surface area contributed by atoms with Gasteiger partial charge in [-0.1, -0.05) is 24.1 Å². The Balaban J connectivity index is 1.41. The minimum absolute atomic E-state index is 0.102. The van der Waals surface area contributed by atoms with E-state index in [1.807, 2.05) is 0 Å². The van der Waals surface area contributed by atoms with Crippen LogP contribution in [0.5, 0.6) is 0 Å². The van der Waals surface area contributed by atoms with Crippen LogP contribution >= 0.6 is 11.6 Å². The smallest absolute Gasteiger partial charge is 0.229 e. The van der Waals surface area contributed by atoms with Crippen molar-refractivity contribution in [1.29, 1.82) is 0 Å². The molecule has 34 heavy (non-hydrogen) atoms. The molecule has 9 nitrogen and oxygen atoms in total. The second-order valence-corrected chi connectivity index (χ2v) is 10.0. The van der Waals surface area contributed by atoms with Crippen molar-refractivity contribution in [2.45, 2.75) is 38.1 Å². The van der Waals surface area contributed by atoms with Gasteiger partial charge >= 0.3 is 0 Å². The van der Waals surface area contributed by atoms with E-state index < -0.39 is 11.3 Å². The van der Waals surface area contributed by atoms with Gasteiger partial charge in [-0.2, -0.15) is 4.98 Å². The van der Waals surface area contributed by atoms with Crippen LogP contribution in [0.1, 0.15) is 30.4 Å². The van der Waals surface area contributed by atoms with Crippen molar-refractivity contribution in [3.8, 4) is 0 Å². The molecule has 3 unspecified atom stereocenters. The summed E-state index contributed by atoms with van der Waals surface area (Å²) in [5.41, 5.74) is 3.66. The van der Waals surface area contributed by atoms with E-state index in [9.17, 15) is 8.76 Å². The van der Waals surface area contributed by atoms with Gasteiger partial charge in [-0.05, 0) is 54.9 Å². The molecule has 4 rings (SSSR count). The van der Waals surface area contributed by atoms with Crippen LogP contribution in [0, 0.1) is 5.92 Å². The minimum atomic E-state index is -2.26. The highest BCUT2D eigenvalue weighted by molar-refractivity contribution is 7.77. The lowest BCUT2D eigenvalue weighted by molar-refractivity contribution is 0.150. The van der Waals surface area contributed by atoms with Crippen LogP contribution in [0.2, 0.25) is 5.02 Å². The van der Waals surface area contributed by atoms with Gasteiger partial charge in [-0.25, -0.2) is 9.71 Å². The number of nitrogens with zero attached hydrogens (tertiary/aromatic N) is 3. The van der Waals surface area contributed by atoms with Gasteiger partial charge in [-0.15, -0.1) is 0 Å². The number of nitrogens with one attached hydrogen (secondary N) is 3. The first-order valence-corrected chi connectivity index (χ1v) is 13.2. The largest absolute Gasteiger partial charge is 0.760 e. The van der Waals surface area contributed by atoms with Crippen LogP contribution in [-0.2, 0) is 28.8 Å². The fourth-order valence-electron chi connectivity index (χ4n) is 4.77. The first-order valence-electron chi connectivity index (χ1n) is 11.7. The summed E-state index contributed by atoms with van der Waals surface area (Å²) in [6.45, 7) is 4.17. The molecule has 2 aliphatic rings. The molecule has 186 valence electrons. The van der Waals surface area contributed by atoms with Crippen molar-refractivity contribution in [3.05, 3.63) is 40.5 Å². The van der Waals surface area contributed by atoms with Gasteiger partial charge in [0.2, 0.25) is 5.95 Å². The SMILES string of the molecule is COCCN1CCc2ccc(Nc3ncc(Cl)c(NC4CCCC4CNS(=O)[O-])n3)cc2CC1. The molecule has 0 spiro atoms. The van der Waals surface area contributed by atoms with Crippen LogP contribution in [0.25, 0.3) is 0 Å². The predicted molar refractivity (Wildman–Crippen MR) is 134 cm³/mol. The molecule has 1 aliphatic heterocycles. The summed E-state index contributed by atoms with van der Waals surface area (Å²) >= 11 is 4.12. The number of methoxy groups -OCH3 is 1. The van der Waals surface area contributed by atoms with E-state index in [2.05, 4.69) is 48.4 Å². The summed E-state index contributed by atoms with van der Waals surface area (Å²) in [6.07, 6.45) is 6.53. The Morgan fingerprint density at radius 2 is 2.09 bits per heavy atom. The third-order valence-electron chi connectivity index (χ3n) is 6.66.